The van der Waals surface area contributed by atoms with Gasteiger partial charge in [-0.2, -0.15) is 0 Å². The standard InChI is InChI=1S/C42H32N2/c1-29-13-17-31(18-14-29)37-21-23-41(43-27-37)35-9-5-7-33(25-35)39-11-3-4-12-40(39)34-8-6-10-36(26-34)42-24-22-38(28-44-42)32-19-15-30(2)16-20-32/h3-28H,1-2H3. The fourth-order valence-corrected chi connectivity index (χ4v) is 5.64. The lowest BCUT2D eigenvalue weighted by Crippen LogP contribution is -1.89. The number of aromatic nitrogens is 2. The van der Waals surface area contributed by atoms with Crippen molar-refractivity contribution in [3.8, 4) is 67.0 Å². The summed E-state index contributed by atoms with van der Waals surface area (Å²) in [7, 11) is 0. The molecule has 0 aliphatic carbocycles. The zero-order chi connectivity index (χ0) is 29.9. The molecule has 0 unspecified atom stereocenters. The lowest BCUT2D eigenvalue weighted by atomic mass is 9.92. The van der Waals surface area contributed by atoms with Crippen LogP contribution in [0.5, 0.6) is 0 Å². The van der Waals surface area contributed by atoms with E-state index in [4.69, 9.17) is 9.97 Å². The van der Waals surface area contributed by atoms with E-state index >= 15 is 0 Å². The molecule has 0 aliphatic heterocycles. The summed E-state index contributed by atoms with van der Waals surface area (Å²) in [4.78, 5) is 9.66. The van der Waals surface area contributed by atoms with Crippen LogP contribution in [0.3, 0.4) is 0 Å². The zero-order valence-corrected chi connectivity index (χ0v) is 24.9. The van der Waals surface area contributed by atoms with Crippen molar-refractivity contribution in [3.63, 3.8) is 0 Å². The summed E-state index contributed by atoms with van der Waals surface area (Å²) in [6.45, 7) is 4.21. The van der Waals surface area contributed by atoms with Crippen molar-refractivity contribution in [2.45, 2.75) is 13.8 Å². The van der Waals surface area contributed by atoms with Gasteiger partial charge in [-0.3, -0.25) is 9.97 Å². The highest BCUT2D eigenvalue weighted by Crippen LogP contribution is 2.36. The molecule has 0 fully saturated rings. The van der Waals surface area contributed by atoms with Gasteiger partial charge in [0.05, 0.1) is 11.4 Å². The minimum Gasteiger partial charge on any atom is -0.256 e. The average molecular weight is 565 g/mol. The van der Waals surface area contributed by atoms with Crippen LogP contribution >= 0.6 is 0 Å². The van der Waals surface area contributed by atoms with Gasteiger partial charge in [0.25, 0.3) is 0 Å². The molecule has 0 saturated carbocycles. The number of benzene rings is 5. The third-order valence-electron chi connectivity index (χ3n) is 8.16. The van der Waals surface area contributed by atoms with E-state index in [1.165, 1.54) is 33.4 Å². The molecule has 0 radical (unpaired) electrons. The first kappa shape index (κ1) is 27.2. The maximum Gasteiger partial charge on any atom is 0.0702 e. The molecule has 2 nitrogen and oxygen atoms in total. The molecule has 0 N–H and O–H groups in total. The number of rotatable bonds is 6. The number of nitrogens with zero attached hydrogens (tertiary/aromatic N) is 2. The third-order valence-corrected chi connectivity index (χ3v) is 8.16. The molecule has 2 heterocycles. The Kier molecular flexibility index (Phi) is 7.40. The minimum atomic E-state index is 0.961. The minimum absolute atomic E-state index is 0.961. The van der Waals surface area contributed by atoms with E-state index in [1.807, 2.05) is 12.4 Å². The Hall–Kier alpha value is -5.60. The van der Waals surface area contributed by atoms with Gasteiger partial charge in [-0.25, -0.2) is 0 Å². The van der Waals surface area contributed by atoms with Gasteiger partial charge >= 0.3 is 0 Å². The largest absolute Gasteiger partial charge is 0.256 e. The maximum absolute atomic E-state index is 4.83. The fourth-order valence-electron chi connectivity index (χ4n) is 5.64. The highest BCUT2D eigenvalue weighted by atomic mass is 14.7. The van der Waals surface area contributed by atoms with Crippen LogP contribution in [0.15, 0.2) is 158 Å². The Bertz CT molecular complexity index is 1890. The van der Waals surface area contributed by atoms with E-state index in [1.54, 1.807) is 0 Å². The first-order valence-electron chi connectivity index (χ1n) is 15.0. The van der Waals surface area contributed by atoms with Gasteiger partial charge in [-0.1, -0.05) is 132 Å². The summed E-state index contributed by atoms with van der Waals surface area (Å²) in [5.74, 6) is 0. The Morgan fingerprint density at radius 1 is 0.318 bits per heavy atom. The normalized spacial score (nSPS) is 11.0. The van der Waals surface area contributed by atoms with Crippen LogP contribution < -0.4 is 0 Å². The van der Waals surface area contributed by atoms with Crippen molar-refractivity contribution in [1.82, 2.24) is 9.97 Å². The van der Waals surface area contributed by atoms with Crippen LogP contribution in [0.25, 0.3) is 67.0 Å². The molecule has 0 spiro atoms. The lowest BCUT2D eigenvalue weighted by Gasteiger charge is -2.13. The van der Waals surface area contributed by atoms with Crippen molar-refractivity contribution in [1.29, 1.82) is 0 Å². The highest BCUT2D eigenvalue weighted by Gasteiger charge is 2.11. The lowest BCUT2D eigenvalue weighted by molar-refractivity contribution is 1.32. The highest BCUT2D eigenvalue weighted by molar-refractivity contribution is 5.86. The molecule has 44 heavy (non-hydrogen) atoms. The summed E-state index contributed by atoms with van der Waals surface area (Å²) in [6.07, 6.45) is 3.93. The van der Waals surface area contributed by atoms with Crippen LogP contribution in [0.4, 0.5) is 0 Å². The smallest absolute Gasteiger partial charge is 0.0702 e. The van der Waals surface area contributed by atoms with Gasteiger partial charge in [0.1, 0.15) is 0 Å². The van der Waals surface area contributed by atoms with Crippen LogP contribution in [0.2, 0.25) is 0 Å². The number of hydrogen-bond donors (Lipinski definition) is 0. The van der Waals surface area contributed by atoms with Crippen molar-refractivity contribution < 1.29 is 0 Å². The second-order valence-corrected chi connectivity index (χ2v) is 11.3. The molecule has 0 bridgehead atoms. The predicted molar refractivity (Wildman–Crippen MR) is 184 cm³/mol. The SMILES string of the molecule is Cc1ccc(-c2ccc(-c3cccc(-c4ccccc4-c4cccc(-c5ccc(-c6ccc(C)cc6)cn5)c4)c3)nc2)cc1. The van der Waals surface area contributed by atoms with Crippen LogP contribution in [0.1, 0.15) is 11.1 Å². The second kappa shape index (κ2) is 11.9. The van der Waals surface area contributed by atoms with Crippen molar-refractivity contribution in [2.75, 3.05) is 0 Å². The molecule has 5 aromatic carbocycles. The quantitative estimate of drug-likeness (QED) is 0.201. The van der Waals surface area contributed by atoms with E-state index in [-0.39, 0.29) is 0 Å². The van der Waals surface area contributed by atoms with Crippen molar-refractivity contribution in [2.24, 2.45) is 0 Å². The molecular weight excluding hydrogens is 532 g/mol. The number of aryl methyl sites for hydroxylation is 2. The molecule has 2 heteroatoms. The summed E-state index contributed by atoms with van der Waals surface area (Å²) >= 11 is 0. The molecule has 0 atom stereocenters. The van der Waals surface area contributed by atoms with Gasteiger partial charge in [0, 0.05) is 34.6 Å². The molecule has 210 valence electrons. The topological polar surface area (TPSA) is 25.8 Å². The second-order valence-electron chi connectivity index (χ2n) is 11.3. The van der Waals surface area contributed by atoms with Gasteiger partial charge in [0.15, 0.2) is 0 Å². The molecule has 0 amide bonds. The molecule has 0 aliphatic rings. The van der Waals surface area contributed by atoms with Crippen LogP contribution in [-0.2, 0) is 0 Å². The Labute approximate surface area is 259 Å². The monoisotopic (exact) mass is 564 g/mol. The van der Waals surface area contributed by atoms with E-state index < -0.39 is 0 Å². The number of pyridine rings is 2. The number of hydrogen-bond acceptors (Lipinski definition) is 2. The maximum atomic E-state index is 4.83. The van der Waals surface area contributed by atoms with E-state index in [9.17, 15) is 0 Å². The molecule has 7 rings (SSSR count). The summed E-state index contributed by atoms with van der Waals surface area (Å²) in [5.41, 5.74) is 15.9. The summed E-state index contributed by atoms with van der Waals surface area (Å²) in [6, 6.07) is 51.6. The van der Waals surface area contributed by atoms with E-state index in [2.05, 4.69) is 159 Å². The molecular formula is C42H32N2. The fraction of sp³-hybridized carbons (Fsp3) is 0.0476. The van der Waals surface area contributed by atoms with Gasteiger partial charge in [-0.15, -0.1) is 0 Å². The predicted octanol–water partition coefficient (Wildman–Crippen LogP) is 11.1. The Morgan fingerprint density at radius 2 is 0.705 bits per heavy atom. The molecule has 0 saturated heterocycles. The third kappa shape index (κ3) is 5.71. The zero-order valence-electron chi connectivity index (χ0n) is 24.9. The van der Waals surface area contributed by atoms with Crippen LogP contribution in [0, 0.1) is 13.8 Å². The molecule has 2 aromatic heterocycles. The van der Waals surface area contributed by atoms with Gasteiger partial charge in [-0.05, 0) is 71.5 Å². The summed E-state index contributed by atoms with van der Waals surface area (Å²) < 4.78 is 0. The van der Waals surface area contributed by atoms with Crippen molar-refractivity contribution in [3.05, 3.63) is 169 Å². The first-order valence-corrected chi connectivity index (χ1v) is 15.0. The Balaban J connectivity index is 1.18. The average Bonchev–Trinajstić information content (AvgIpc) is 3.09. The Morgan fingerprint density at radius 3 is 1.09 bits per heavy atom. The van der Waals surface area contributed by atoms with Crippen molar-refractivity contribution >= 4 is 0 Å². The van der Waals surface area contributed by atoms with Gasteiger partial charge < -0.3 is 0 Å². The summed E-state index contributed by atoms with van der Waals surface area (Å²) in [5, 5.41) is 0. The van der Waals surface area contributed by atoms with E-state index in [0.717, 1.165) is 44.8 Å². The molecule has 7 aromatic rings. The van der Waals surface area contributed by atoms with E-state index in [0.29, 0.717) is 0 Å². The van der Waals surface area contributed by atoms with Gasteiger partial charge in [0.2, 0.25) is 0 Å². The van der Waals surface area contributed by atoms with Crippen LogP contribution in [-0.4, -0.2) is 9.97 Å². The first-order chi connectivity index (χ1) is 21.6.